The maximum Gasteiger partial charge on any atom is 0.224 e. The largest absolute Gasteiger partial charge is 0.459 e. The summed E-state index contributed by atoms with van der Waals surface area (Å²) >= 11 is 0. The first-order valence-corrected chi connectivity index (χ1v) is 7.87. The standard InChI is InChI=1S/C18H26N2O2.ClH/c1-10(2)16(20-18(21)11(3)13(5)19)17-12(4)14-8-6-7-9-15(14)22-17;/h6-11,13,16H,19H2,1-5H3,(H,20,21);1H. The minimum Gasteiger partial charge on any atom is -0.459 e. The van der Waals surface area contributed by atoms with Gasteiger partial charge in [0.1, 0.15) is 11.3 Å². The van der Waals surface area contributed by atoms with Crippen LogP contribution in [0.5, 0.6) is 0 Å². The number of rotatable bonds is 5. The Labute approximate surface area is 144 Å². The predicted octanol–water partition coefficient (Wildman–Crippen LogP) is 3.96. The minimum absolute atomic E-state index is 0. The highest BCUT2D eigenvalue weighted by molar-refractivity contribution is 5.85. The summed E-state index contributed by atoms with van der Waals surface area (Å²) in [7, 11) is 0. The van der Waals surface area contributed by atoms with E-state index in [1.54, 1.807) is 0 Å². The van der Waals surface area contributed by atoms with E-state index in [1.165, 1.54) is 0 Å². The van der Waals surface area contributed by atoms with Gasteiger partial charge in [0.2, 0.25) is 5.91 Å². The molecule has 0 aliphatic rings. The number of carbonyl (C=O) groups excluding carboxylic acids is 1. The van der Waals surface area contributed by atoms with Crippen molar-refractivity contribution in [2.75, 3.05) is 0 Å². The topological polar surface area (TPSA) is 68.3 Å². The second kappa shape index (κ2) is 7.84. The van der Waals surface area contributed by atoms with Crippen LogP contribution >= 0.6 is 12.4 Å². The summed E-state index contributed by atoms with van der Waals surface area (Å²) in [5.74, 6) is 0.796. The van der Waals surface area contributed by atoms with Crippen LogP contribution in [-0.4, -0.2) is 11.9 Å². The van der Waals surface area contributed by atoms with Gasteiger partial charge in [-0.2, -0.15) is 0 Å². The Hall–Kier alpha value is -1.52. The molecular weight excluding hydrogens is 312 g/mol. The first kappa shape index (κ1) is 19.5. The van der Waals surface area contributed by atoms with Crippen LogP contribution in [0.2, 0.25) is 0 Å². The van der Waals surface area contributed by atoms with Crippen LogP contribution in [0.25, 0.3) is 11.0 Å². The number of benzene rings is 1. The molecule has 0 aliphatic carbocycles. The quantitative estimate of drug-likeness (QED) is 0.867. The molecule has 128 valence electrons. The lowest BCUT2D eigenvalue weighted by atomic mass is 9.96. The SMILES string of the molecule is Cc1c(C(NC(=O)C(C)C(C)N)C(C)C)oc2ccccc12.Cl. The van der Waals surface area contributed by atoms with Gasteiger partial charge in [0, 0.05) is 22.9 Å². The number of aryl methyl sites for hydroxylation is 1. The van der Waals surface area contributed by atoms with E-state index >= 15 is 0 Å². The van der Waals surface area contributed by atoms with Gasteiger partial charge in [0.25, 0.3) is 0 Å². The van der Waals surface area contributed by atoms with E-state index < -0.39 is 0 Å². The van der Waals surface area contributed by atoms with Crippen LogP contribution in [0.4, 0.5) is 0 Å². The lowest BCUT2D eigenvalue weighted by Gasteiger charge is -2.24. The van der Waals surface area contributed by atoms with E-state index in [2.05, 4.69) is 19.2 Å². The van der Waals surface area contributed by atoms with Crippen LogP contribution in [0.1, 0.15) is 45.1 Å². The Morgan fingerprint density at radius 1 is 1.17 bits per heavy atom. The average Bonchev–Trinajstić information content (AvgIpc) is 2.80. The maximum absolute atomic E-state index is 12.4. The summed E-state index contributed by atoms with van der Waals surface area (Å²) in [6.07, 6.45) is 0. The molecule has 0 aliphatic heterocycles. The highest BCUT2D eigenvalue weighted by atomic mass is 35.5. The van der Waals surface area contributed by atoms with Crippen LogP contribution in [-0.2, 0) is 4.79 Å². The summed E-state index contributed by atoms with van der Waals surface area (Å²) in [6, 6.07) is 7.62. The van der Waals surface area contributed by atoms with Gasteiger partial charge in [0.05, 0.1) is 6.04 Å². The number of amides is 1. The molecule has 5 heteroatoms. The lowest BCUT2D eigenvalue weighted by molar-refractivity contribution is -0.126. The van der Waals surface area contributed by atoms with Crippen molar-refractivity contribution in [3.63, 3.8) is 0 Å². The van der Waals surface area contributed by atoms with E-state index in [4.69, 9.17) is 10.2 Å². The highest BCUT2D eigenvalue weighted by Gasteiger charge is 2.27. The average molecular weight is 339 g/mol. The van der Waals surface area contributed by atoms with E-state index in [0.717, 1.165) is 22.3 Å². The summed E-state index contributed by atoms with van der Waals surface area (Å²) in [5.41, 5.74) is 7.78. The Balaban J connectivity index is 0.00000264. The summed E-state index contributed by atoms with van der Waals surface area (Å²) < 4.78 is 6.02. The number of hydrogen-bond acceptors (Lipinski definition) is 3. The second-order valence-corrected chi connectivity index (χ2v) is 6.47. The number of nitrogens with one attached hydrogen (secondary N) is 1. The molecule has 1 amide bonds. The molecule has 4 nitrogen and oxygen atoms in total. The number of nitrogens with two attached hydrogens (primary N) is 1. The third-order valence-corrected chi connectivity index (χ3v) is 4.33. The van der Waals surface area contributed by atoms with Crippen molar-refractivity contribution < 1.29 is 9.21 Å². The van der Waals surface area contributed by atoms with Crippen LogP contribution in [0.15, 0.2) is 28.7 Å². The zero-order valence-corrected chi connectivity index (χ0v) is 15.2. The van der Waals surface area contributed by atoms with Gasteiger partial charge in [-0.15, -0.1) is 12.4 Å². The predicted molar refractivity (Wildman–Crippen MR) is 96.7 cm³/mol. The number of para-hydroxylation sites is 1. The number of halogens is 1. The third kappa shape index (κ3) is 4.06. The van der Waals surface area contributed by atoms with Crippen LogP contribution < -0.4 is 11.1 Å². The van der Waals surface area contributed by atoms with Gasteiger partial charge >= 0.3 is 0 Å². The molecule has 23 heavy (non-hydrogen) atoms. The van der Waals surface area contributed by atoms with E-state index in [9.17, 15) is 4.79 Å². The van der Waals surface area contributed by atoms with Crippen molar-refractivity contribution >= 4 is 29.3 Å². The monoisotopic (exact) mass is 338 g/mol. The molecule has 0 radical (unpaired) electrons. The molecule has 2 rings (SSSR count). The van der Waals surface area contributed by atoms with E-state index in [-0.39, 0.29) is 42.2 Å². The van der Waals surface area contributed by atoms with Crippen molar-refractivity contribution in [2.24, 2.45) is 17.6 Å². The molecule has 3 atom stereocenters. The first-order valence-electron chi connectivity index (χ1n) is 7.87. The number of fused-ring (bicyclic) bond motifs is 1. The molecule has 1 heterocycles. The molecule has 0 saturated carbocycles. The zero-order chi connectivity index (χ0) is 16.4. The summed E-state index contributed by atoms with van der Waals surface area (Å²) in [5, 5.41) is 4.20. The van der Waals surface area contributed by atoms with Crippen molar-refractivity contribution in [3.8, 4) is 0 Å². The molecule has 0 bridgehead atoms. The molecule has 0 saturated heterocycles. The lowest BCUT2D eigenvalue weighted by Crippen LogP contribution is -2.41. The summed E-state index contributed by atoms with van der Waals surface area (Å²) in [4.78, 5) is 12.4. The van der Waals surface area contributed by atoms with Gasteiger partial charge in [-0.05, 0) is 25.8 Å². The highest BCUT2D eigenvalue weighted by Crippen LogP contribution is 2.32. The fourth-order valence-corrected chi connectivity index (χ4v) is 2.55. The molecule has 1 aromatic heterocycles. The summed E-state index contributed by atoms with van der Waals surface area (Å²) in [6.45, 7) is 9.89. The van der Waals surface area contributed by atoms with E-state index in [0.29, 0.717) is 0 Å². The fourth-order valence-electron chi connectivity index (χ4n) is 2.55. The Morgan fingerprint density at radius 3 is 2.30 bits per heavy atom. The molecule has 1 aromatic carbocycles. The van der Waals surface area contributed by atoms with Gasteiger partial charge in [-0.3, -0.25) is 4.79 Å². The maximum atomic E-state index is 12.4. The number of hydrogen-bond donors (Lipinski definition) is 2. The Morgan fingerprint density at radius 2 is 1.78 bits per heavy atom. The smallest absolute Gasteiger partial charge is 0.224 e. The zero-order valence-electron chi connectivity index (χ0n) is 14.4. The Kier molecular flexibility index (Phi) is 6.66. The second-order valence-electron chi connectivity index (χ2n) is 6.47. The normalized spacial score (nSPS) is 15.1. The number of carbonyl (C=O) groups is 1. The molecule has 3 unspecified atom stereocenters. The first-order chi connectivity index (χ1) is 10.3. The number of furan rings is 1. The van der Waals surface area contributed by atoms with Gasteiger partial charge in [-0.25, -0.2) is 0 Å². The van der Waals surface area contributed by atoms with E-state index in [1.807, 2.05) is 45.0 Å². The van der Waals surface area contributed by atoms with Gasteiger partial charge in [0.15, 0.2) is 0 Å². The Bertz CT molecular complexity index is 664. The molecule has 3 N–H and O–H groups in total. The van der Waals surface area contributed by atoms with Crippen molar-refractivity contribution in [1.29, 1.82) is 0 Å². The van der Waals surface area contributed by atoms with Crippen molar-refractivity contribution in [3.05, 3.63) is 35.6 Å². The fraction of sp³-hybridized carbons (Fsp3) is 0.500. The molecule has 0 spiro atoms. The van der Waals surface area contributed by atoms with Gasteiger partial charge < -0.3 is 15.5 Å². The van der Waals surface area contributed by atoms with Crippen LogP contribution in [0, 0.1) is 18.8 Å². The molecule has 0 fully saturated rings. The molecule has 2 aromatic rings. The van der Waals surface area contributed by atoms with Gasteiger partial charge in [-0.1, -0.05) is 39.0 Å². The minimum atomic E-state index is -0.231. The van der Waals surface area contributed by atoms with Crippen molar-refractivity contribution in [1.82, 2.24) is 5.32 Å². The molecular formula is C18H27ClN2O2. The van der Waals surface area contributed by atoms with Crippen LogP contribution in [0.3, 0.4) is 0 Å². The van der Waals surface area contributed by atoms with Crippen molar-refractivity contribution in [2.45, 2.75) is 46.7 Å². The third-order valence-electron chi connectivity index (χ3n) is 4.33.